The molecule has 0 atom stereocenters. The molecule has 1 aliphatic rings. The molecule has 1 aromatic carbocycles. The molecule has 2 rings (SSSR count). The van der Waals surface area contributed by atoms with Gasteiger partial charge in [-0.2, -0.15) is 0 Å². The maximum Gasteiger partial charge on any atom is 0.0439 e. The van der Waals surface area contributed by atoms with E-state index in [2.05, 4.69) is 34.1 Å². The Labute approximate surface area is 86.9 Å². The lowest BCUT2D eigenvalue weighted by atomic mass is 9.93. The molecule has 70 valence electrons. The Bertz CT molecular complexity index is 305. The van der Waals surface area contributed by atoms with Crippen molar-refractivity contribution in [2.24, 2.45) is 0 Å². The average molecular weight is 241 g/mol. The molecule has 1 nitrogen and oxygen atoms in total. The van der Waals surface area contributed by atoms with Crippen LogP contribution in [-0.4, -0.2) is 11.7 Å². The predicted octanol–water partition coefficient (Wildman–Crippen LogP) is 2.86. The molecule has 2 heteroatoms. The molecule has 1 fully saturated rings. The Morgan fingerprint density at radius 3 is 2.69 bits per heavy atom. The summed E-state index contributed by atoms with van der Waals surface area (Å²) in [5.41, 5.74) is 1.68. The number of hydrogen-bond acceptors (Lipinski definition) is 1. The molecule has 0 amide bonds. The summed E-state index contributed by atoms with van der Waals surface area (Å²) in [6.45, 7) is 0.298. The molecular formula is C11H13BrO. The van der Waals surface area contributed by atoms with Crippen LogP contribution in [0.25, 0.3) is 0 Å². The Morgan fingerprint density at radius 2 is 2.15 bits per heavy atom. The summed E-state index contributed by atoms with van der Waals surface area (Å²) in [6.07, 6.45) is 3.36. The smallest absolute Gasteiger partial charge is 0.0439 e. The molecule has 0 saturated heterocycles. The second kappa shape index (κ2) is 3.43. The minimum absolute atomic E-state index is 0.298. The van der Waals surface area contributed by atoms with E-state index in [-0.39, 0.29) is 0 Å². The van der Waals surface area contributed by atoms with Crippen molar-refractivity contribution in [3.8, 4) is 0 Å². The van der Waals surface area contributed by atoms with E-state index in [1.807, 2.05) is 6.07 Å². The number of halogens is 1. The Morgan fingerprint density at radius 1 is 1.38 bits per heavy atom. The second-order valence-corrected chi connectivity index (χ2v) is 4.68. The minimum atomic E-state index is 0.298. The van der Waals surface area contributed by atoms with E-state index in [1.54, 1.807) is 0 Å². The van der Waals surface area contributed by atoms with Crippen LogP contribution in [0.15, 0.2) is 28.7 Å². The van der Waals surface area contributed by atoms with E-state index in [4.69, 9.17) is 5.11 Å². The van der Waals surface area contributed by atoms with Crippen molar-refractivity contribution < 1.29 is 5.11 Å². The summed E-state index contributed by atoms with van der Waals surface area (Å²) in [6, 6.07) is 8.44. The highest BCUT2D eigenvalue weighted by Gasteiger charge is 2.43. The number of aliphatic hydroxyl groups excluding tert-OH is 1. The van der Waals surface area contributed by atoms with Crippen LogP contribution in [0.5, 0.6) is 0 Å². The van der Waals surface area contributed by atoms with Gasteiger partial charge in [-0.1, -0.05) is 28.1 Å². The third-order valence-corrected chi connectivity index (χ3v) is 3.37. The molecule has 13 heavy (non-hydrogen) atoms. The Kier molecular flexibility index (Phi) is 2.43. The quantitative estimate of drug-likeness (QED) is 0.862. The zero-order valence-corrected chi connectivity index (χ0v) is 9.05. The van der Waals surface area contributed by atoms with Crippen LogP contribution < -0.4 is 0 Å². The molecule has 0 aromatic heterocycles. The van der Waals surface area contributed by atoms with E-state index in [0.717, 1.165) is 10.9 Å². The standard InChI is InChI=1S/C11H13BrO/c12-10-3-1-2-9(8-10)11(4-5-11)6-7-13/h1-3,8,13H,4-7H2. The van der Waals surface area contributed by atoms with Crippen molar-refractivity contribution in [3.05, 3.63) is 34.3 Å². The lowest BCUT2D eigenvalue weighted by Crippen LogP contribution is -2.08. The highest BCUT2D eigenvalue weighted by atomic mass is 79.9. The summed E-state index contributed by atoms with van der Waals surface area (Å²) in [4.78, 5) is 0. The molecule has 1 saturated carbocycles. The van der Waals surface area contributed by atoms with Gasteiger partial charge < -0.3 is 5.11 Å². The van der Waals surface area contributed by atoms with E-state index < -0.39 is 0 Å². The van der Waals surface area contributed by atoms with E-state index in [9.17, 15) is 0 Å². The first-order valence-corrected chi connectivity index (χ1v) is 5.43. The first-order valence-electron chi connectivity index (χ1n) is 4.64. The number of benzene rings is 1. The van der Waals surface area contributed by atoms with Gasteiger partial charge in [0.25, 0.3) is 0 Å². The summed E-state index contributed by atoms with van der Waals surface area (Å²) in [7, 11) is 0. The van der Waals surface area contributed by atoms with Crippen molar-refractivity contribution in [1.82, 2.24) is 0 Å². The molecule has 0 aliphatic heterocycles. The number of rotatable bonds is 3. The monoisotopic (exact) mass is 240 g/mol. The fraction of sp³-hybridized carbons (Fsp3) is 0.455. The van der Waals surface area contributed by atoms with Gasteiger partial charge in [-0.15, -0.1) is 0 Å². The third kappa shape index (κ3) is 1.79. The van der Waals surface area contributed by atoms with Crippen LogP contribution in [0.4, 0.5) is 0 Å². The van der Waals surface area contributed by atoms with Crippen molar-refractivity contribution in [1.29, 1.82) is 0 Å². The Hall–Kier alpha value is -0.340. The van der Waals surface area contributed by atoms with Crippen LogP contribution in [0.3, 0.4) is 0 Å². The van der Waals surface area contributed by atoms with E-state index >= 15 is 0 Å². The Balaban J connectivity index is 2.25. The number of aliphatic hydroxyl groups is 1. The van der Waals surface area contributed by atoms with E-state index in [0.29, 0.717) is 12.0 Å². The van der Waals surface area contributed by atoms with Crippen LogP contribution in [0, 0.1) is 0 Å². The van der Waals surface area contributed by atoms with Crippen molar-refractivity contribution >= 4 is 15.9 Å². The van der Waals surface area contributed by atoms with Crippen LogP contribution >= 0.6 is 15.9 Å². The summed E-state index contributed by atoms with van der Waals surface area (Å²) in [5.74, 6) is 0. The first-order chi connectivity index (χ1) is 6.27. The largest absolute Gasteiger partial charge is 0.396 e. The van der Waals surface area contributed by atoms with Gasteiger partial charge in [0.2, 0.25) is 0 Å². The van der Waals surface area contributed by atoms with Crippen molar-refractivity contribution in [2.45, 2.75) is 24.7 Å². The molecule has 0 bridgehead atoms. The van der Waals surface area contributed by atoms with Gasteiger partial charge in [0.15, 0.2) is 0 Å². The van der Waals surface area contributed by atoms with Crippen LogP contribution in [0.2, 0.25) is 0 Å². The van der Waals surface area contributed by atoms with Crippen molar-refractivity contribution in [3.63, 3.8) is 0 Å². The van der Waals surface area contributed by atoms with Gasteiger partial charge in [0.1, 0.15) is 0 Å². The minimum Gasteiger partial charge on any atom is -0.396 e. The fourth-order valence-electron chi connectivity index (χ4n) is 1.87. The van der Waals surface area contributed by atoms with Gasteiger partial charge in [-0.25, -0.2) is 0 Å². The molecule has 0 heterocycles. The average Bonchev–Trinajstić information content (AvgIpc) is 2.86. The maximum absolute atomic E-state index is 8.96. The first kappa shape index (κ1) is 9.22. The molecule has 1 aliphatic carbocycles. The van der Waals surface area contributed by atoms with Gasteiger partial charge in [0.05, 0.1) is 0 Å². The molecule has 0 unspecified atom stereocenters. The topological polar surface area (TPSA) is 20.2 Å². The van der Waals surface area contributed by atoms with Gasteiger partial charge in [0, 0.05) is 11.1 Å². The summed E-state index contributed by atoms with van der Waals surface area (Å²) in [5, 5.41) is 8.96. The lowest BCUT2D eigenvalue weighted by molar-refractivity contribution is 0.271. The zero-order chi connectivity index (χ0) is 9.31. The van der Waals surface area contributed by atoms with E-state index in [1.165, 1.54) is 18.4 Å². The fourth-order valence-corrected chi connectivity index (χ4v) is 2.27. The maximum atomic E-state index is 8.96. The predicted molar refractivity (Wildman–Crippen MR) is 56.8 cm³/mol. The lowest BCUT2D eigenvalue weighted by Gasteiger charge is -2.13. The van der Waals surface area contributed by atoms with Gasteiger partial charge in [-0.05, 0) is 42.4 Å². The highest BCUT2D eigenvalue weighted by molar-refractivity contribution is 9.10. The highest BCUT2D eigenvalue weighted by Crippen LogP contribution is 2.51. The normalized spacial score (nSPS) is 18.6. The van der Waals surface area contributed by atoms with Crippen molar-refractivity contribution in [2.75, 3.05) is 6.61 Å². The third-order valence-electron chi connectivity index (χ3n) is 2.88. The molecule has 1 N–H and O–H groups in total. The molecular weight excluding hydrogens is 228 g/mol. The summed E-state index contributed by atoms with van der Waals surface area (Å²) < 4.78 is 1.13. The SMILES string of the molecule is OCCC1(c2cccc(Br)c2)CC1. The second-order valence-electron chi connectivity index (χ2n) is 3.76. The van der Waals surface area contributed by atoms with Gasteiger partial charge in [-0.3, -0.25) is 0 Å². The molecule has 1 aromatic rings. The van der Waals surface area contributed by atoms with Gasteiger partial charge >= 0.3 is 0 Å². The number of hydrogen-bond donors (Lipinski definition) is 1. The van der Waals surface area contributed by atoms with Crippen LogP contribution in [-0.2, 0) is 5.41 Å². The molecule has 0 radical (unpaired) electrons. The van der Waals surface area contributed by atoms with Crippen LogP contribution in [0.1, 0.15) is 24.8 Å². The summed E-state index contributed by atoms with van der Waals surface area (Å²) >= 11 is 3.47. The zero-order valence-electron chi connectivity index (χ0n) is 7.46. The molecule has 0 spiro atoms.